The summed E-state index contributed by atoms with van der Waals surface area (Å²) in [5.41, 5.74) is 0.895. The number of carbonyl (C=O) groups is 2. The summed E-state index contributed by atoms with van der Waals surface area (Å²) in [5, 5.41) is 2.95. The Kier molecular flexibility index (Phi) is 9.85. The Bertz CT molecular complexity index is 867. The highest BCUT2D eigenvalue weighted by molar-refractivity contribution is 5.88. The van der Waals surface area contributed by atoms with E-state index in [0.29, 0.717) is 30.4 Å². The number of benzene rings is 2. The molecule has 0 saturated heterocycles. The van der Waals surface area contributed by atoms with Gasteiger partial charge in [0.25, 0.3) is 5.91 Å². The molecule has 0 fully saturated rings. The molecule has 0 heterocycles. The lowest BCUT2D eigenvalue weighted by Gasteiger charge is -2.31. The average Bonchev–Trinajstić information content (AvgIpc) is 2.81. The summed E-state index contributed by atoms with van der Waals surface area (Å²) in [6, 6.07) is 14.0. The zero-order chi connectivity index (χ0) is 23.5. The Morgan fingerprint density at radius 2 is 1.62 bits per heavy atom. The van der Waals surface area contributed by atoms with E-state index in [-0.39, 0.29) is 25.0 Å². The van der Waals surface area contributed by atoms with Gasteiger partial charge >= 0.3 is 0 Å². The van der Waals surface area contributed by atoms with E-state index in [1.165, 1.54) is 0 Å². The summed E-state index contributed by atoms with van der Waals surface area (Å²) < 4.78 is 16.3. The van der Waals surface area contributed by atoms with Crippen molar-refractivity contribution < 1.29 is 23.8 Å². The molecule has 174 valence electrons. The molecular weight excluding hydrogens is 408 g/mol. The second-order valence-corrected chi connectivity index (χ2v) is 7.87. The van der Waals surface area contributed by atoms with Crippen LogP contribution >= 0.6 is 0 Å². The van der Waals surface area contributed by atoms with Crippen LogP contribution in [-0.2, 0) is 16.1 Å². The summed E-state index contributed by atoms with van der Waals surface area (Å²) in [6.07, 6.45) is 0.487. The van der Waals surface area contributed by atoms with Crippen molar-refractivity contribution in [3.05, 3.63) is 54.1 Å². The Labute approximate surface area is 190 Å². The molecule has 1 atom stereocenters. The lowest BCUT2D eigenvalue weighted by Crippen LogP contribution is -2.50. The summed E-state index contributed by atoms with van der Waals surface area (Å²) in [4.78, 5) is 27.7. The van der Waals surface area contributed by atoms with Gasteiger partial charge in [-0.05, 0) is 42.2 Å². The molecule has 0 radical (unpaired) electrons. The summed E-state index contributed by atoms with van der Waals surface area (Å²) in [6.45, 7) is 6.59. The van der Waals surface area contributed by atoms with Crippen molar-refractivity contribution in [2.24, 2.45) is 5.92 Å². The van der Waals surface area contributed by atoms with Crippen LogP contribution in [0.5, 0.6) is 17.2 Å². The summed E-state index contributed by atoms with van der Waals surface area (Å²) in [7, 11) is 3.15. The number of para-hydroxylation sites is 2. The van der Waals surface area contributed by atoms with E-state index < -0.39 is 6.04 Å². The number of rotatable bonds is 12. The lowest BCUT2D eigenvalue weighted by molar-refractivity contribution is -0.143. The van der Waals surface area contributed by atoms with Crippen LogP contribution in [0.4, 0.5) is 0 Å². The van der Waals surface area contributed by atoms with Crippen LogP contribution in [0.15, 0.2) is 48.5 Å². The highest BCUT2D eigenvalue weighted by Gasteiger charge is 2.29. The van der Waals surface area contributed by atoms with Gasteiger partial charge in [-0.1, -0.05) is 45.0 Å². The molecule has 2 aromatic carbocycles. The third-order valence-corrected chi connectivity index (χ3v) is 5.00. The molecule has 0 spiro atoms. The molecule has 0 aliphatic carbocycles. The second kappa shape index (κ2) is 12.6. The molecular formula is C25H34N2O5. The quantitative estimate of drug-likeness (QED) is 0.543. The normalized spacial score (nSPS) is 11.6. The van der Waals surface area contributed by atoms with Crippen LogP contribution in [0, 0.1) is 5.92 Å². The number of methoxy groups -OCH3 is 2. The number of amides is 2. The van der Waals surface area contributed by atoms with E-state index >= 15 is 0 Å². The number of carbonyl (C=O) groups excluding carboxylic acids is 2. The van der Waals surface area contributed by atoms with Crippen molar-refractivity contribution in [1.29, 1.82) is 0 Å². The number of nitrogens with one attached hydrogen (secondary N) is 1. The van der Waals surface area contributed by atoms with Gasteiger partial charge in [-0.2, -0.15) is 0 Å². The SMILES string of the molecule is CC[C@@H](C(=O)NCC(C)C)N(Cc1ccc(OC)cc1)C(=O)COc1ccccc1OC. The van der Waals surface area contributed by atoms with Crippen LogP contribution in [-0.4, -0.2) is 50.1 Å². The van der Waals surface area contributed by atoms with Gasteiger partial charge in [0.05, 0.1) is 14.2 Å². The summed E-state index contributed by atoms with van der Waals surface area (Å²) >= 11 is 0. The Morgan fingerprint density at radius 3 is 2.19 bits per heavy atom. The molecule has 1 N–H and O–H groups in total. The fraction of sp³-hybridized carbons (Fsp3) is 0.440. The van der Waals surface area contributed by atoms with E-state index in [0.717, 1.165) is 11.3 Å². The fourth-order valence-corrected chi connectivity index (χ4v) is 3.23. The van der Waals surface area contributed by atoms with Gasteiger partial charge in [0.15, 0.2) is 18.1 Å². The van der Waals surface area contributed by atoms with Crippen molar-refractivity contribution in [1.82, 2.24) is 10.2 Å². The van der Waals surface area contributed by atoms with Gasteiger partial charge in [0.1, 0.15) is 11.8 Å². The highest BCUT2D eigenvalue weighted by atomic mass is 16.5. The molecule has 0 aromatic heterocycles. The first-order chi connectivity index (χ1) is 15.4. The van der Waals surface area contributed by atoms with Crippen molar-refractivity contribution >= 4 is 11.8 Å². The molecule has 32 heavy (non-hydrogen) atoms. The number of hydrogen-bond acceptors (Lipinski definition) is 5. The number of nitrogens with zero attached hydrogens (tertiary/aromatic N) is 1. The Balaban J connectivity index is 2.22. The number of ether oxygens (including phenoxy) is 3. The first kappa shape index (κ1) is 25.0. The zero-order valence-corrected chi connectivity index (χ0v) is 19.6. The minimum Gasteiger partial charge on any atom is -0.497 e. The first-order valence-electron chi connectivity index (χ1n) is 10.9. The third kappa shape index (κ3) is 7.18. The molecule has 7 nitrogen and oxygen atoms in total. The lowest BCUT2D eigenvalue weighted by atomic mass is 10.1. The van der Waals surface area contributed by atoms with Crippen LogP contribution in [0.1, 0.15) is 32.8 Å². The van der Waals surface area contributed by atoms with E-state index in [4.69, 9.17) is 14.2 Å². The average molecular weight is 443 g/mol. The van der Waals surface area contributed by atoms with Crippen molar-refractivity contribution in [3.63, 3.8) is 0 Å². The Hall–Kier alpha value is -3.22. The van der Waals surface area contributed by atoms with Crippen LogP contribution in [0.2, 0.25) is 0 Å². The highest BCUT2D eigenvalue weighted by Crippen LogP contribution is 2.26. The third-order valence-electron chi connectivity index (χ3n) is 5.00. The smallest absolute Gasteiger partial charge is 0.261 e. The van der Waals surface area contributed by atoms with Gasteiger partial charge < -0.3 is 24.4 Å². The molecule has 7 heteroatoms. The van der Waals surface area contributed by atoms with E-state index in [1.54, 1.807) is 31.3 Å². The first-order valence-corrected chi connectivity index (χ1v) is 10.9. The Morgan fingerprint density at radius 1 is 0.969 bits per heavy atom. The van der Waals surface area contributed by atoms with E-state index in [9.17, 15) is 9.59 Å². The molecule has 0 bridgehead atoms. The molecule has 2 amide bonds. The minimum absolute atomic E-state index is 0.166. The van der Waals surface area contributed by atoms with Gasteiger partial charge in [0.2, 0.25) is 5.91 Å². The molecule has 0 saturated carbocycles. The van der Waals surface area contributed by atoms with E-state index in [1.807, 2.05) is 57.2 Å². The van der Waals surface area contributed by atoms with Crippen molar-refractivity contribution in [2.75, 3.05) is 27.4 Å². The largest absolute Gasteiger partial charge is 0.497 e. The maximum absolute atomic E-state index is 13.2. The fourth-order valence-electron chi connectivity index (χ4n) is 3.23. The zero-order valence-electron chi connectivity index (χ0n) is 19.6. The van der Waals surface area contributed by atoms with Crippen LogP contribution < -0.4 is 19.5 Å². The van der Waals surface area contributed by atoms with Crippen molar-refractivity contribution in [2.45, 2.75) is 39.8 Å². The number of hydrogen-bond donors (Lipinski definition) is 1. The molecule has 0 aliphatic heterocycles. The summed E-state index contributed by atoms with van der Waals surface area (Å²) in [5.74, 6) is 1.62. The minimum atomic E-state index is -0.607. The predicted molar refractivity (Wildman–Crippen MR) is 124 cm³/mol. The maximum Gasteiger partial charge on any atom is 0.261 e. The van der Waals surface area contributed by atoms with Crippen LogP contribution in [0.3, 0.4) is 0 Å². The van der Waals surface area contributed by atoms with Gasteiger partial charge in [-0.3, -0.25) is 9.59 Å². The van der Waals surface area contributed by atoms with E-state index in [2.05, 4.69) is 5.32 Å². The molecule has 0 unspecified atom stereocenters. The topological polar surface area (TPSA) is 77.1 Å². The molecule has 2 aromatic rings. The second-order valence-electron chi connectivity index (χ2n) is 7.87. The van der Waals surface area contributed by atoms with Gasteiger partial charge in [-0.15, -0.1) is 0 Å². The monoisotopic (exact) mass is 442 g/mol. The maximum atomic E-state index is 13.2. The van der Waals surface area contributed by atoms with Gasteiger partial charge in [0, 0.05) is 13.1 Å². The standard InChI is InChI=1S/C25H34N2O5/c1-6-21(25(29)26-15-18(2)3)27(16-19-11-13-20(30-4)14-12-19)24(28)17-32-23-10-8-7-9-22(23)31-5/h7-14,18,21H,6,15-17H2,1-5H3,(H,26,29)/t21-/m0/s1. The van der Waals surface area contributed by atoms with Crippen molar-refractivity contribution in [3.8, 4) is 17.2 Å². The van der Waals surface area contributed by atoms with Gasteiger partial charge in [-0.25, -0.2) is 0 Å². The molecule has 2 rings (SSSR count). The van der Waals surface area contributed by atoms with Crippen LogP contribution in [0.25, 0.3) is 0 Å². The predicted octanol–water partition coefficient (Wildman–Crippen LogP) is 3.66. The molecule has 0 aliphatic rings.